The zero-order valence-corrected chi connectivity index (χ0v) is 15.3. The van der Waals surface area contributed by atoms with Crippen molar-refractivity contribution in [2.75, 3.05) is 32.2 Å². The highest BCUT2D eigenvalue weighted by atomic mass is 16.5. The van der Waals surface area contributed by atoms with Gasteiger partial charge in [0.2, 0.25) is 0 Å². The monoisotopic (exact) mass is 363 g/mol. The molecule has 1 unspecified atom stereocenters. The first-order valence-corrected chi connectivity index (χ1v) is 8.78. The Hall–Kier alpha value is -3.24. The molecule has 1 atom stereocenters. The van der Waals surface area contributed by atoms with Crippen LogP contribution in [0.15, 0.2) is 36.7 Å². The Balaban J connectivity index is 1.77. The summed E-state index contributed by atoms with van der Waals surface area (Å²) in [6.45, 7) is 1.82. The second kappa shape index (κ2) is 6.82. The number of hydrogen-bond acceptors (Lipinski definition) is 6. The van der Waals surface area contributed by atoms with Crippen LogP contribution in [-0.4, -0.2) is 42.7 Å². The van der Waals surface area contributed by atoms with Crippen molar-refractivity contribution in [2.24, 2.45) is 5.73 Å². The van der Waals surface area contributed by atoms with Crippen molar-refractivity contribution >= 4 is 11.3 Å². The Kier molecular flexibility index (Phi) is 4.34. The summed E-state index contributed by atoms with van der Waals surface area (Å²) in [5, 5.41) is 9.39. The van der Waals surface area contributed by atoms with Crippen molar-refractivity contribution < 1.29 is 9.47 Å². The Morgan fingerprint density at radius 3 is 2.70 bits per heavy atom. The van der Waals surface area contributed by atoms with Gasteiger partial charge in [0, 0.05) is 54.9 Å². The number of methoxy groups -OCH3 is 2. The molecule has 1 saturated heterocycles. The van der Waals surface area contributed by atoms with E-state index in [1.165, 1.54) is 7.11 Å². The fourth-order valence-corrected chi connectivity index (χ4v) is 3.51. The molecule has 1 aromatic carbocycles. The van der Waals surface area contributed by atoms with E-state index in [1.807, 2.05) is 16.8 Å². The van der Waals surface area contributed by atoms with Gasteiger partial charge < -0.3 is 24.5 Å². The molecular weight excluding hydrogens is 342 g/mol. The highest BCUT2D eigenvalue weighted by Gasteiger charge is 2.20. The highest BCUT2D eigenvalue weighted by molar-refractivity contribution is 5.74. The molecule has 0 radical (unpaired) electrons. The number of hydrogen-bond donors (Lipinski definition) is 1. The number of aromatic nitrogens is 2. The first kappa shape index (κ1) is 17.2. The van der Waals surface area contributed by atoms with Crippen molar-refractivity contribution in [3.8, 4) is 28.8 Å². The summed E-state index contributed by atoms with van der Waals surface area (Å²) in [6, 6.07) is 9.98. The highest BCUT2D eigenvalue weighted by Crippen LogP contribution is 2.35. The predicted molar refractivity (Wildman–Crippen MR) is 103 cm³/mol. The molecule has 1 aliphatic rings. The van der Waals surface area contributed by atoms with E-state index < -0.39 is 0 Å². The van der Waals surface area contributed by atoms with Gasteiger partial charge in [-0.05, 0) is 18.6 Å². The van der Waals surface area contributed by atoms with Crippen molar-refractivity contribution in [2.45, 2.75) is 12.5 Å². The van der Waals surface area contributed by atoms with Gasteiger partial charge in [0.25, 0.3) is 0 Å². The zero-order valence-electron chi connectivity index (χ0n) is 15.3. The Labute approximate surface area is 157 Å². The van der Waals surface area contributed by atoms with E-state index in [-0.39, 0.29) is 6.04 Å². The lowest BCUT2D eigenvalue weighted by molar-refractivity contribution is 0.394. The normalized spacial score (nSPS) is 16.5. The number of nitriles is 1. The minimum absolute atomic E-state index is 0.226. The molecule has 0 aliphatic carbocycles. The van der Waals surface area contributed by atoms with E-state index in [1.54, 1.807) is 19.2 Å². The summed E-state index contributed by atoms with van der Waals surface area (Å²) in [7, 11) is 3.13. The number of anilines is 1. The fourth-order valence-electron chi connectivity index (χ4n) is 3.51. The molecule has 138 valence electrons. The molecule has 0 spiro atoms. The van der Waals surface area contributed by atoms with E-state index in [2.05, 4.69) is 23.1 Å². The number of rotatable bonds is 4. The first-order valence-electron chi connectivity index (χ1n) is 8.78. The smallest absolute Gasteiger partial charge is 0.140 e. The number of nitrogens with zero attached hydrogens (tertiary/aromatic N) is 4. The lowest BCUT2D eigenvalue weighted by atomic mass is 10.1. The van der Waals surface area contributed by atoms with Gasteiger partial charge in [-0.25, -0.2) is 4.98 Å². The topological polar surface area (TPSA) is 88.8 Å². The number of imidazole rings is 1. The fraction of sp³-hybridized carbons (Fsp3) is 0.300. The lowest BCUT2D eigenvalue weighted by Crippen LogP contribution is -2.26. The van der Waals surface area contributed by atoms with Crippen LogP contribution in [0, 0.1) is 11.3 Å². The Bertz CT molecular complexity index is 1040. The van der Waals surface area contributed by atoms with Gasteiger partial charge in [0.05, 0.1) is 25.5 Å². The third kappa shape index (κ3) is 3.04. The average molecular weight is 363 g/mol. The summed E-state index contributed by atoms with van der Waals surface area (Å²) in [6.07, 6.45) is 4.93. The number of fused-ring (bicyclic) bond motifs is 1. The molecule has 0 saturated carbocycles. The maximum absolute atomic E-state index is 9.39. The number of pyridine rings is 1. The molecule has 2 N–H and O–H groups in total. The largest absolute Gasteiger partial charge is 0.496 e. The van der Waals surface area contributed by atoms with Crippen molar-refractivity contribution in [1.29, 1.82) is 5.26 Å². The maximum Gasteiger partial charge on any atom is 0.140 e. The summed E-state index contributed by atoms with van der Waals surface area (Å²) in [5.41, 5.74) is 9.91. The molecule has 1 fully saturated rings. The molecule has 4 rings (SSSR count). The van der Waals surface area contributed by atoms with Gasteiger partial charge in [-0.2, -0.15) is 5.26 Å². The molecule has 3 aromatic rings. The van der Waals surface area contributed by atoms with Crippen LogP contribution in [0.3, 0.4) is 0 Å². The molecule has 1 aliphatic heterocycles. The molecule has 7 nitrogen and oxygen atoms in total. The Morgan fingerprint density at radius 1 is 1.22 bits per heavy atom. The zero-order chi connectivity index (χ0) is 19.0. The van der Waals surface area contributed by atoms with Gasteiger partial charge in [0.1, 0.15) is 23.2 Å². The van der Waals surface area contributed by atoms with Crippen LogP contribution in [0.2, 0.25) is 0 Å². The van der Waals surface area contributed by atoms with Crippen molar-refractivity contribution in [1.82, 2.24) is 9.38 Å². The van der Waals surface area contributed by atoms with Gasteiger partial charge in [-0.15, -0.1) is 0 Å². The predicted octanol–water partition coefficient (Wildman–Crippen LogP) is 2.43. The second-order valence-electron chi connectivity index (χ2n) is 6.64. The van der Waals surface area contributed by atoms with Crippen LogP contribution in [0.4, 0.5) is 5.69 Å². The summed E-state index contributed by atoms with van der Waals surface area (Å²) < 4.78 is 12.7. The SMILES string of the molecule is COc1cc(OC)c(-c2cn3ccc(N4CCC(N)C4)cc3n2)cc1C#N. The Morgan fingerprint density at radius 2 is 2.04 bits per heavy atom. The average Bonchev–Trinajstić information content (AvgIpc) is 3.32. The van der Waals surface area contributed by atoms with Crippen LogP contribution < -0.4 is 20.1 Å². The summed E-state index contributed by atoms with van der Waals surface area (Å²) in [4.78, 5) is 7.03. The molecule has 7 heteroatoms. The van der Waals surface area contributed by atoms with Gasteiger partial charge >= 0.3 is 0 Å². The van der Waals surface area contributed by atoms with Crippen LogP contribution in [0.1, 0.15) is 12.0 Å². The molecular formula is C20H21N5O2. The first-order chi connectivity index (χ1) is 13.1. The summed E-state index contributed by atoms with van der Waals surface area (Å²) >= 11 is 0. The third-order valence-electron chi connectivity index (χ3n) is 4.95. The van der Waals surface area contributed by atoms with E-state index in [9.17, 15) is 5.26 Å². The molecule has 0 amide bonds. The molecule has 2 aromatic heterocycles. The van der Waals surface area contributed by atoms with Crippen LogP contribution >= 0.6 is 0 Å². The van der Waals surface area contributed by atoms with Gasteiger partial charge in [-0.3, -0.25) is 0 Å². The minimum atomic E-state index is 0.226. The van der Waals surface area contributed by atoms with Crippen LogP contribution in [-0.2, 0) is 0 Å². The van der Waals surface area contributed by atoms with E-state index >= 15 is 0 Å². The van der Waals surface area contributed by atoms with Gasteiger partial charge in [0.15, 0.2) is 0 Å². The minimum Gasteiger partial charge on any atom is -0.496 e. The van der Waals surface area contributed by atoms with Crippen molar-refractivity contribution in [3.05, 3.63) is 42.2 Å². The lowest BCUT2D eigenvalue weighted by Gasteiger charge is -2.17. The molecule has 3 heterocycles. The van der Waals surface area contributed by atoms with Crippen LogP contribution in [0.25, 0.3) is 16.9 Å². The number of benzene rings is 1. The number of ether oxygens (including phenoxy) is 2. The van der Waals surface area contributed by atoms with Crippen molar-refractivity contribution in [3.63, 3.8) is 0 Å². The second-order valence-corrected chi connectivity index (χ2v) is 6.64. The molecule has 27 heavy (non-hydrogen) atoms. The third-order valence-corrected chi connectivity index (χ3v) is 4.95. The van der Waals surface area contributed by atoms with E-state index in [0.717, 1.165) is 42.1 Å². The van der Waals surface area contributed by atoms with Gasteiger partial charge in [-0.1, -0.05) is 0 Å². The number of nitrogens with two attached hydrogens (primary N) is 1. The van der Waals surface area contributed by atoms with E-state index in [4.69, 9.17) is 20.2 Å². The summed E-state index contributed by atoms with van der Waals surface area (Å²) in [5.74, 6) is 1.09. The molecule has 0 bridgehead atoms. The maximum atomic E-state index is 9.39. The standard InChI is InChI=1S/C20H21N5O2/c1-26-18-9-19(27-2)16(7-13(18)10-21)17-12-25-6-4-15(8-20(25)23-17)24-5-3-14(22)11-24/h4,6-9,12,14H,3,5,11,22H2,1-2H3. The quantitative estimate of drug-likeness (QED) is 0.766. The van der Waals surface area contributed by atoms with Crippen LogP contribution in [0.5, 0.6) is 11.5 Å². The van der Waals surface area contributed by atoms with E-state index in [0.29, 0.717) is 17.1 Å².